The van der Waals surface area contributed by atoms with Gasteiger partial charge in [-0.3, -0.25) is 14.9 Å². The van der Waals surface area contributed by atoms with Gasteiger partial charge >= 0.3 is 0 Å². The van der Waals surface area contributed by atoms with Crippen LogP contribution in [0.1, 0.15) is 30.6 Å². The van der Waals surface area contributed by atoms with Gasteiger partial charge in [-0.05, 0) is 5.92 Å². The van der Waals surface area contributed by atoms with Crippen LogP contribution in [0, 0.1) is 16.0 Å². The molecule has 1 aromatic carbocycles. The lowest BCUT2D eigenvalue weighted by Gasteiger charge is -2.11. The zero-order chi connectivity index (χ0) is 14.6. The Balaban J connectivity index is 2.98. The molecule has 1 rings (SSSR count). The molecule has 0 saturated carbocycles. The molecule has 0 spiro atoms. The molecular weight excluding hydrogens is 291 g/mol. The first-order valence-electron chi connectivity index (χ1n) is 5.78. The van der Waals surface area contributed by atoms with Gasteiger partial charge in [0.1, 0.15) is 0 Å². The van der Waals surface area contributed by atoms with E-state index in [1.807, 2.05) is 13.8 Å². The predicted molar refractivity (Wildman–Crippen MR) is 74.9 cm³/mol. The van der Waals surface area contributed by atoms with Gasteiger partial charge in [-0.2, -0.15) is 0 Å². The van der Waals surface area contributed by atoms with Crippen molar-refractivity contribution in [3.8, 4) is 0 Å². The maximum Gasteiger partial charge on any atom is 0.271 e. The number of rotatable bonds is 5. The number of non-ortho nitro benzene ring substituents is 1. The number of benzene rings is 1. The summed E-state index contributed by atoms with van der Waals surface area (Å²) in [6.07, 6.45) is 0.920. The zero-order valence-electron chi connectivity index (χ0n) is 10.6. The molecule has 0 aliphatic heterocycles. The maximum absolute atomic E-state index is 11.9. The van der Waals surface area contributed by atoms with Crippen molar-refractivity contribution in [1.82, 2.24) is 5.32 Å². The molecule has 0 aromatic heterocycles. The highest BCUT2D eigenvalue weighted by Gasteiger charge is 2.19. The molecule has 5 nitrogen and oxygen atoms in total. The van der Waals surface area contributed by atoms with Crippen LogP contribution in [0.4, 0.5) is 5.69 Å². The number of amides is 1. The fourth-order valence-electron chi connectivity index (χ4n) is 1.35. The highest BCUT2D eigenvalue weighted by molar-refractivity contribution is 6.44. The summed E-state index contributed by atoms with van der Waals surface area (Å²) in [5, 5.41) is 13.4. The van der Waals surface area contributed by atoms with Gasteiger partial charge in [0.15, 0.2) is 0 Å². The van der Waals surface area contributed by atoms with Crippen LogP contribution >= 0.6 is 23.2 Å². The number of nitro groups is 1. The van der Waals surface area contributed by atoms with Crippen molar-refractivity contribution in [3.05, 3.63) is 37.9 Å². The van der Waals surface area contributed by atoms with E-state index in [0.29, 0.717) is 12.5 Å². The second kappa shape index (κ2) is 6.73. The lowest BCUT2D eigenvalue weighted by atomic mass is 10.1. The number of nitrogens with one attached hydrogen (secondary N) is 1. The minimum atomic E-state index is -0.617. The lowest BCUT2D eigenvalue weighted by Crippen LogP contribution is -2.28. The molecule has 0 aliphatic rings. The maximum atomic E-state index is 11.9. The number of halogens is 2. The third-order valence-corrected chi connectivity index (χ3v) is 3.58. The molecule has 0 fully saturated rings. The van der Waals surface area contributed by atoms with E-state index >= 15 is 0 Å². The number of nitro benzene ring substituents is 1. The van der Waals surface area contributed by atoms with Crippen LogP contribution < -0.4 is 5.32 Å². The highest BCUT2D eigenvalue weighted by Crippen LogP contribution is 2.30. The molecule has 0 aliphatic carbocycles. The molecule has 1 amide bonds. The number of hydrogen-bond acceptors (Lipinski definition) is 3. The Morgan fingerprint density at radius 3 is 2.63 bits per heavy atom. The summed E-state index contributed by atoms with van der Waals surface area (Å²) >= 11 is 11.7. The SMILES string of the molecule is CCC(C)CNC(=O)c1cc([N+](=O)[O-])cc(Cl)c1Cl. The first kappa shape index (κ1) is 15.7. The van der Waals surface area contributed by atoms with Crippen molar-refractivity contribution in [3.63, 3.8) is 0 Å². The normalized spacial score (nSPS) is 12.0. The van der Waals surface area contributed by atoms with Crippen molar-refractivity contribution < 1.29 is 9.72 Å². The van der Waals surface area contributed by atoms with Crippen LogP contribution in [-0.2, 0) is 0 Å². The lowest BCUT2D eigenvalue weighted by molar-refractivity contribution is -0.384. The van der Waals surface area contributed by atoms with E-state index in [0.717, 1.165) is 18.6 Å². The molecule has 7 heteroatoms. The van der Waals surface area contributed by atoms with Gasteiger partial charge in [-0.25, -0.2) is 0 Å². The van der Waals surface area contributed by atoms with E-state index in [-0.39, 0.29) is 21.3 Å². The summed E-state index contributed by atoms with van der Waals surface area (Å²) in [4.78, 5) is 22.0. The summed E-state index contributed by atoms with van der Waals surface area (Å²) < 4.78 is 0. The monoisotopic (exact) mass is 304 g/mol. The van der Waals surface area contributed by atoms with Gasteiger partial charge in [0.25, 0.3) is 11.6 Å². The summed E-state index contributed by atoms with van der Waals surface area (Å²) in [5.41, 5.74) is -0.243. The predicted octanol–water partition coefficient (Wildman–Crippen LogP) is 3.68. The van der Waals surface area contributed by atoms with Gasteiger partial charge in [0, 0.05) is 18.7 Å². The van der Waals surface area contributed by atoms with Crippen molar-refractivity contribution in [2.75, 3.05) is 6.54 Å². The van der Waals surface area contributed by atoms with Gasteiger partial charge in [0.05, 0.1) is 20.5 Å². The second-order valence-electron chi connectivity index (χ2n) is 4.27. The first-order chi connectivity index (χ1) is 8.86. The van der Waals surface area contributed by atoms with Crippen LogP contribution in [-0.4, -0.2) is 17.4 Å². The second-order valence-corrected chi connectivity index (χ2v) is 5.05. The molecular formula is C12H14Cl2N2O3. The summed E-state index contributed by atoms with van der Waals surface area (Å²) in [6, 6.07) is 2.25. The molecule has 0 heterocycles. The fraction of sp³-hybridized carbons (Fsp3) is 0.417. The number of hydrogen-bond donors (Lipinski definition) is 1. The molecule has 19 heavy (non-hydrogen) atoms. The van der Waals surface area contributed by atoms with E-state index in [1.165, 1.54) is 0 Å². The van der Waals surface area contributed by atoms with Crippen molar-refractivity contribution in [1.29, 1.82) is 0 Å². The Morgan fingerprint density at radius 1 is 1.47 bits per heavy atom. The van der Waals surface area contributed by atoms with Crippen LogP contribution in [0.15, 0.2) is 12.1 Å². The first-order valence-corrected chi connectivity index (χ1v) is 6.54. The molecule has 0 bridgehead atoms. The van der Waals surface area contributed by atoms with Crippen molar-refractivity contribution in [2.45, 2.75) is 20.3 Å². The average Bonchev–Trinajstić information content (AvgIpc) is 2.38. The molecule has 1 aromatic rings. The molecule has 104 valence electrons. The standard InChI is InChI=1S/C12H14Cl2N2O3/c1-3-7(2)6-15-12(17)9-4-8(16(18)19)5-10(13)11(9)14/h4-5,7H,3,6H2,1-2H3,(H,15,17). The third kappa shape index (κ3) is 4.08. The third-order valence-electron chi connectivity index (χ3n) is 2.78. The molecule has 1 N–H and O–H groups in total. The smallest absolute Gasteiger partial charge is 0.271 e. The Bertz CT molecular complexity index is 506. The van der Waals surface area contributed by atoms with E-state index in [9.17, 15) is 14.9 Å². The van der Waals surface area contributed by atoms with Gasteiger partial charge in [0.2, 0.25) is 0 Å². The minimum Gasteiger partial charge on any atom is -0.352 e. The van der Waals surface area contributed by atoms with Crippen LogP contribution in [0.3, 0.4) is 0 Å². The summed E-state index contributed by atoms with van der Waals surface area (Å²) in [5.74, 6) is -0.146. The van der Waals surface area contributed by atoms with Gasteiger partial charge in [-0.1, -0.05) is 43.5 Å². The zero-order valence-corrected chi connectivity index (χ0v) is 12.1. The quantitative estimate of drug-likeness (QED) is 0.666. The van der Waals surface area contributed by atoms with Crippen LogP contribution in [0.25, 0.3) is 0 Å². The molecule has 1 unspecified atom stereocenters. The highest BCUT2D eigenvalue weighted by atomic mass is 35.5. The van der Waals surface area contributed by atoms with E-state index < -0.39 is 10.8 Å². The molecule has 1 atom stereocenters. The van der Waals surface area contributed by atoms with Gasteiger partial charge < -0.3 is 5.32 Å². The number of carbonyl (C=O) groups is 1. The number of nitrogens with zero attached hydrogens (tertiary/aromatic N) is 1. The van der Waals surface area contributed by atoms with Crippen molar-refractivity contribution in [2.24, 2.45) is 5.92 Å². The van der Waals surface area contributed by atoms with Crippen molar-refractivity contribution >= 4 is 34.8 Å². The van der Waals surface area contributed by atoms with Gasteiger partial charge in [-0.15, -0.1) is 0 Å². The Labute approximate surface area is 121 Å². The van der Waals surface area contributed by atoms with E-state index in [2.05, 4.69) is 5.32 Å². The van der Waals surface area contributed by atoms with Crippen LogP contribution in [0.2, 0.25) is 10.0 Å². The van der Waals surface area contributed by atoms with Crippen LogP contribution in [0.5, 0.6) is 0 Å². The Morgan fingerprint density at radius 2 is 2.11 bits per heavy atom. The largest absolute Gasteiger partial charge is 0.352 e. The average molecular weight is 305 g/mol. The fourth-order valence-corrected chi connectivity index (χ4v) is 1.76. The Hall–Kier alpha value is -1.33. The Kier molecular flexibility index (Phi) is 5.57. The summed E-state index contributed by atoms with van der Waals surface area (Å²) in [6.45, 7) is 4.47. The molecule has 0 saturated heterocycles. The minimum absolute atomic E-state index is 0.00967. The topological polar surface area (TPSA) is 72.2 Å². The summed E-state index contributed by atoms with van der Waals surface area (Å²) in [7, 11) is 0. The number of carbonyl (C=O) groups excluding carboxylic acids is 1. The molecule has 0 radical (unpaired) electrons. The van der Waals surface area contributed by atoms with E-state index in [1.54, 1.807) is 0 Å². The van der Waals surface area contributed by atoms with E-state index in [4.69, 9.17) is 23.2 Å².